The van der Waals surface area contributed by atoms with Gasteiger partial charge in [0.2, 0.25) is 11.8 Å². The number of aryl methyl sites for hydroxylation is 1. The standard InChI is InChI=1S/C24H26FNO2.C7H7ClN2O/c1-4-5-6-11-21(27)15-19-12-13-23(22(25)16-19)26-24(28)18(3)14-20-10-8-7-9-17(20)2;1-5(11)10-7-3-2-6(8)4-9-7/h4-13,16,18H,14-15H2,1-3H3,(H,26,28);2-4H,1H3,(H,9,10,11)/b5-4-,11-6-;/t18-;/m1./s1. The van der Waals surface area contributed by atoms with Gasteiger partial charge >= 0.3 is 0 Å². The summed E-state index contributed by atoms with van der Waals surface area (Å²) in [5.74, 6) is -0.805. The minimum absolute atomic E-state index is 0.110. The molecule has 8 heteroatoms. The van der Waals surface area contributed by atoms with Crippen LogP contribution in [0.4, 0.5) is 15.9 Å². The SMILES string of the molecule is C/C=C\C=C/C(=O)Cc1ccc(NC(=O)[C@H](C)Cc2ccccc2C)c(F)c1.CC(=O)Nc1ccc(Cl)cn1. The smallest absolute Gasteiger partial charge is 0.227 e. The zero-order chi connectivity index (χ0) is 28.8. The third kappa shape index (κ3) is 11.4. The fourth-order valence-corrected chi connectivity index (χ4v) is 3.56. The van der Waals surface area contributed by atoms with Crippen LogP contribution in [0.2, 0.25) is 5.02 Å². The van der Waals surface area contributed by atoms with Crippen molar-refractivity contribution in [2.24, 2.45) is 5.92 Å². The van der Waals surface area contributed by atoms with Crippen LogP contribution in [0.15, 0.2) is 85.1 Å². The Labute approximate surface area is 234 Å². The number of carbonyl (C=O) groups is 3. The number of ketones is 1. The maximum absolute atomic E-state index is 14.4. The molecule has 39 heavy (non-hydrogen) atoms. The lowest BCUT2D eigenvalue weighted by atomic mass is 9.97. The molecule has 0 saturated heterocycles. The van der Waals surface area contributed by atoms with E-state index >= 15 is 0 Å². The second kappa shape index (κ2) is 16.0. The molecule has 1 heterocycles. The molecule has 0 fully saturated rings. The molecular formula is C31H33ClFN3O3. The fraction of sp³-hybridized carbons (Fsp3) is 0.226. The number of aromatic nitrogens is 1. The Kier molecular flexibility index (Phi) is 12.8. The third-order valence-electron chi connectivity index (χ3n) is 5.52. The van der Waals surface area contributed by atoms with Gasteiger partial charge in [-0.3, -0.25) is 14.4 Å². The highest BCUT2D eigenvalue weighted by atomic mass is 35.5. The molecule has 2 amide bonds. The van der Waals surface area contributed by atoms with E-state index in [1.54, 1.807) is 30.4 Å². The average Bonchev–Trinajstić information content (AvgIpc) is 2.88. The second-order valence-corrected chi connectivity index (χ2v) is 9.34. The number of benzene rings is 2. The van der Waals surface area contributed by atoms with Crippen molar-refractivity contribution in [1.82, 2.24) is 4.98 Å². The molecule has 0 spiro atoms. The Morgan fingerprint density at radius 3 is 2.41 bits per heavy atom. The van der Waals surface area contributed by atoms with Crippen LogP contribution in [0.3, 0.4) is 0 Å². The number of nitrogens with one attached hydrogen (secondary N) is 2. The van der Waals surface area contributed by atoms with Gasteiger partial charge in [0.15, 0.2) is 5.78 Å². The molecule has 0 radical (unpaired) electrons. The lowest BCUT2D eigenvalue weighted by molar-refractivity contribution is -0.119. The summed E-state index contributed by atoms with van der Waals surface area (Å²) in [6, 6.07) is 15.7. The Morgan fingerprint density at radius 1 is 1.05 bits per heavy atom. The number of allylic oxidation sites excluding steroid dienone is 4. The number of anilines is 2. The zero-order valence-electron chi connectivity index (χ0n) is 22.5. The van der Waals surface area contributed by atoms with Gasteiger partial charge in [-0.1, -0.05) is 67.1 Å². The van der Waals surface area contributed by atoms with E-state index in [9.17, 15) is 18.8 Å². The number of amides is 2. The minimum Gasteiger partial charge on any atom is -0.323 e. The first kappa shape index (κ1) is 31.1. The summed E-state index contributed by atoms with van der Waals surface area (Å²) < 4.78 is 14.4. The van der Waals surface area contributed by atoms with Gasteiger partial charge in [-0.2, -0.15) is 0 Å². The van der Waals surface area contributed by atoms with Crippen molar-refractivity contribution < 1.29 is 18.8 Å². The quantitative estimate of drug-likeness (QED) is 0.225. The van der Waals surface area contributed by atoms with E-state index in [4.69, 9.17) is 11.6 Å². The van der Waals surface area contributed by atoms with Crippen LogP contribution >= 0.6 is 11.6 Å². The van der Waals surface area contributed by atoms with Crippen molar-refractivity contribution in [2.45, 2.75) is 40.5 Å². The van der Waals surface area contributed by atoms with E-state index in [1.807, 2.05) is 51.1 Å². The van der Waals surface area contributed by atoms with Crippen molar-refractivity contribution in [1.29, 1.82) is 0 Å². The van der Waals surface area contributed by atoms with Crippen LogP contribution in [0, 0.1) is 18.7 Å². The van der Waals surface area contributed by atoms with E-state index in [2.05, 4.69) is 15.6 Å². The van der Waals surface area contributed by atoms with Crippen LogP contribution < -0.4 is 10.6 Å². The summed E-state index contributed by atoms with van der Waals surface area (Å²) in [6.07, 6.45) is 8.88. The molecule has 0 unspecified atom stereocenters. The van der Waals surface area contributed by atoms with Crippen LogP contribution in [0.5, 0.6) is 0 Å². The van der Waals surface area contributed by atoms with Gasteiger partial charge < -0.3 is 10.6 Å². The lowest BCUT2D eigenvalue weighted by Crippen LogP contribution is -2.23. The topological polar surface area (TPSA) is 88.2 Å². The predicted molar refractivity (Wildman–Crippen MR) is 155 cm³/mol. The number of halogens is 2. The van der Waals surface area contributed by atoms with Crippen LogP contribution in [-0.2, 0) is 27.2 Å². The Morgan fingerprint density at radius 2 is 1.79 bits per heavy atom. The normalized spacial score (nSPS) is 11.5. The highest BCUT2D eigenvalue weighted by molar-refractivity contribution is 6.30. The predicted octanol–water partition coefficient (Wildman–Crippen LogP) is 6.89. The van der Waals surface area contributed by atoms with Gasteiger partial charge in [-0.25, -0.2) is 9.37 Å². The molecule has 1 atom stereocenters. The summed E-state index contributed by atoms with van der Waals surface area (Å²) in [6.45, 7) is 7.12. The molecule has 0 bridgehead atoms. The first-order chi connectivity index (χ1) is 18.6. The maximum atomic E-state index is 14.4. The van der Waals surface area contributed by atoms with Gasteiger partial charge in [-0.15, -0.1) is 0 Å². The number of nitrogens with zero attached hydrogens (tertiary/aromatic N) is 1. The van der Waals surface area contributed by atoms with Gasteiger partial charge in [0.25, 0.3) is 0 Å². The first-order valence-electron chi connectivity index (χ1n) is 12.4. The van der Waals surface area contributed by atoms with Crippen LogP contribution in [0.25, 0.3) is 0 Å². The third-order valence-corrected chi connectivity index (χ3v) is 5.75. The fourth-order valence-electron chi connectivity index (χ4n) is 3.45. The van der Waals surface area contributed by atoms with E-state index in [1.165, 1.54) is 31.3 Å². The molecule has 0 aliphatic heterocycles. The molecule has 6 nitrogen and oxygen atoms in total. The number of hydrogen-bond acceptors (Lipinski definition) is 4. The van der Waals surface area contributed by atoms with Crippen molar-refractivity contribution in [3.63, 3.8) is 0 Å². The largest absolute Gasteiger partial charge is 0.323 e. The van der Waals surface area contributed by atoms with Gasteiger partial charge in [-0.05, 0) is 67.3 Å². The van der Waals surface area contributed by atoms with Gasteiger partial charge in [0.1, 0.15) is 11.6 Å². The molecule has 2 N–H and O–H groups in total. The second-order valence-electron chi connectivity index (χ2n) is 8.91. The molecule has 0 saturated carbocycles. The Balaban J connectivity index is 0.000000404. The summed E-state index contributed by atoms with van der Waals surface area (Å²) in [5, 5.41) is 5.73. The molecule has 1 aromatic heterocycles. The van der Waals surface area contributed by atoms with Crippen molar-refractivity contribution >= 4 is 40.7 Å². The number of pyridine rings is 1. The summed E-state index contributed by atoms with van der Waals surface area (Å²) >= 11 is 5.57. The van der Waals surface area contributed by atoms with E-state index in [0.29, 0.717) is 22.8 Å². The molecule has 3 aromatic rings. The molecule has 3 rings (SSSR count). The van der Waals surface area contributed by atoms with Gasteiger partial charge in [0.05, 0.1) is 10.7 Å². The van der Waals surface area contributed by atoms with E-state index in [0.717, 1.165) is 11.1 Å². The summed E-state index contributed by atoms with van der Waals surface area (Å²) in [4.78, 5) is 38.6. The molecule has 204 valence electrons. The maximum Gasteiger partial charge on any atom is 0.227 e. The number of carbonyl (C=O) groups excluding carboxylic acids is 3. The Bertz CT molecular complexity index is 1340. The van der Waals surface area contributed by atoms with Crippen LogP contribution in [0.1, 0.15) is 37.5 Å². The monoisotopic (exact) mass is 549 g/mol. The lowest BCUT2D eigenvalue weighted by Gasteiger charge is -2.14. The minimum atomic E-state index is -0.542. The van der Waals surface area contributed by atoms with E-state index < -0.39 is 5.82 Å². The average molecular weight is 550 g/mol. The number of rotatable bonds is 9. The molecule has 0 aliphatic rings. The van der Waals surface area contributed by atoms with Crippen molar-refractivity contribution in [3.8, 4) is 0 Å². The highest BCUT2D eigenvalue weighted by Crippen LogP contribution is 2.19. The molecule has 2 aromatic carbocycles. The number of hydrogen-bond donors (Lipinski definition) is 2. The van der Waals surface area contributed by atoms with E-state index in [-0.39, 0.29) is 35.6 Å². The molecular weight excluding hydrogens is 517 g/mol. The first-order valence-corrected chi connectivity index (χ1v) is 12.8. The summed E-state index contributed by atoms with van der Waals surface area (Å²) in [7, 11) is 0. The van der Waals surface area contributed by atoms with Crippen LogP contribution in [-0.4, -0.2) is 22.6 Å². The highest BCUT2D eigenvalue weighted by Gasteiger charge is 2.16. The van der Waals surface area contributed by atoms with Gasteiger partial charge in [0, 0.05) is 25.5 Å². The summed E-state index contributed by atoms with van der Waals surface area (Å²) in [5.41, 5.74) is 2.93. The van der Waals surface area contributed by atoms with Crippen molar-refractivity contribution in [2.75, 3.05) is 10.6 Å². The zero-order valence-corrected chi connectivity index (χ0v) is 23.3. The van der Waals surface area contributed by atoms with Crippen molar-refractivity contribution in [3.05, 3.63) is 113 Å². The molecule has 0 aliphatic carbocycles. The Hall–Kier alpha value is -4.10.